The maximum absolute atomic E-state index is 12.8. The van der Waals surface area contributed by atoms with Crippen LogP contribution in [0.5, 0.6) is 0 Å². The molecule has 8 heteroatoms. The summed E-state index contributed by atoms with van der Waals surface area (Å²) in [5, 5.41) is 5.75. The number of allylic oxidation sites excluding steroid dienone is 2. The van der Waals surface area contributed by atoms with E-state index in [4.69, 9.17) is 0 Å². The Bertz CT molecular complexity index is 892. The molecule has 2 N–H and O–H groups in total. The quantitative estimate of drug-likeness (QED) is 0.537. The van der Waals surface area contributed by atoms with E-state index in [0.29, 0.717) is 25.6 Å². The standard InChI is InChI=1S/C23H35N3O4S/c1-5-26(6-2)31(29,30)20-14-10-13-19(15-20)22(27)25-21(17(3)4)23(28)24-16-18-11-8-7-9-12-18/h7-8,10,13-15,17-18,21H,5-6,9,11-12,16H2,1-4H3,(H,24,28)(H,25,27). The van der Waals surface area contributed by atoms with Crippen LogP contribution in [0.25, 0.3) is 0 Å². The zero-order valence-electron chi connectivity index (χ0n) is 18.9. The van der Waals surface area contributed by atoms with Crippen LogP contribution in [-0.2, 0) is 14.8 Å². The fourth-order valence-electron chi connectivity index (χ4n) is 3.67. The smallest absolute Gasteiger partial charge is 0.251 e. The Morgan fingerprint density at radius 3 is 2.45 bits per heavy atom. The van der Waals surface area contributed by atoms with Crippen molar-refractivity contribution in [3.05, 3.63) is 42.0 Å². The lowest BCUT2D eigenvalue weighted by Crippen LogP contribution is -2.50. The first kappa shape index (κ1) is 25.1. The third-order valence-electron chi connectivity index (χ3n) is 5.62. The molecule has 2 atom stereocenters. The predicted octanol–water partition coefficient (Wildman–Crippen LogP) is 2.94. The van der Waals surface area contributed by atoms with E-state index in [-0.39, 0.29) is 22.3 Å². The minimum absolute atomic E-state index is 0.0692. The van der Waals surface area contributed by atoms with Gasteiger partial charge in [-0.05, 0) is 49.3 Å². The van der Waals surface area contributed by atoms with Crippen LogP contribution in [-0.4, -0.2) is 50.2 Å². The van der Waals surface area contributed by atoms with Gasteiger partial charge in [-0.25, -0.2) is 8.42 Å². The molecule has 172 valence electrons. The van der Waals surface area contributed by atoms with Gasteiger partial charge in [0.25, 0.3) is 5.91 Å². The number of hydrogen-bond acceptors (Lipinski definition) is 4. The van der Waals surface area contributed by atoms with Crippen LogP contribution < -0.4 is 10.6 Å². The summed E-state index contributed by atoms with van der Waals surface area (Å²) in [5.74, 6) is -0.381. The van der Waals surface area contributed by atoms with Gasteiger partial charge in [0.15, 0.2) is 0 Å². The third kappa shape index (κ3) is 6.64. The van der Waals surface area contributed by atoms with Crippen molar-refractivity contribution in [1.82, 2.24) is 14.9 Å². The predicted molar refractivity (Wildman–Crippen MR) is 122 cm³/mol. The van der Waals surface area contributed by atoms with Gasteiger partial charge in [-0.1, -0.05) is 45.9 Å². The lowest BCUT2D eigenvalue weighted by Gasteiger charge is -2.24. The Morgan fingerprint density at radius 1 is 1.16 bits per heavy atom. The Kier molecular flexibility index (Phi) is 9.25. The topological polar surface area (TPSA) is 95.6 Å². The van der Waals surface area contributed by atoms with Crippen LogP contribution in [0.4, 0.5) is 0 Å². The molecule has 7 nitrogen and oxygen atoms in total. The summed E-state index contributed by atoms with van der Waals surface area (Å²) < 4.78 is 26.9. The van der Waals surface area contributed by atoms with Gasteiger partial charge in [-0.3, -0.25) is 9.59 Å². The number of rotatable bonds is 10. The molecule has 0 radical (unpaired) electrons. The molecule has 1 aromatic rings. The minimum Gasteiger partial charge on any atom is -0.354 e. The van der Waals surface area contributed by atoms with Gasteiger partial charge < -0.3 is 10.6 Å². The molecular formula is C23H35N3O4S. The molecule has 1 aromatic carbocycles. The maximum Gasteiger partial charge on any atom is 0.251 e. The lowest BCUT2D eigenvalue weighted by molar-refractivity contribution is -0.124. The molecule has 2 unspecified atom stereocenters. The highest BCUT2D eigenvalue weighted by Crippen LogP contribution is 2.18. The van der Waals surface area contributed by atoms with Gasteiger partial charge in [-0.15, -0.1) is 0 Å². The fourth-order valence-corrected chi connectivity index (χ4v) is 5.17. The number of nitrogens with zero attached hydrogens (tertiary/aromatic N) is 1. The molecule has 31 heavy (non-hydrogen) atoms. The van der Waals surface area contributed by atoms with E-state index < -0.39 is 22.0 Å². The highest BCUT2D eigenvalue weighted by atomic mass is 32.2. The number of carbonyl (C=O) groups excluding carboxylic acids is 2. The Labute approximate surface area is 186 Å². The van der Waals surface area contributed by atoms with E-state index in [1.165, 1.54) is 16.4 Å². The second-order valence-corrected chi connectivity index (χ2v) is 10.1. The normalized spacial score (nSPS) is 17.5. The van der Waals surface area contributed by atoms with Crippen molar-refractivity contribution in [3.8, 4) is 0 Å². The Balaban J connectivity index is 2.10. The SMILES string of the molecule is CCN(CC)S(=O)(=O)c1cccc(C(=O)NC(C(=O)NCC2CC=CCC2)C(C)C)c1. The largest absolute Gasteiger partial charge is 0.354 e. The van der Waals surface area contributed by atoms with Gasteiger partial charge in [-0.2, -0.15) is 4.31 Å². The van der Waals surface area contributed by atoms with Crippen molar-refractivity contribution < 1.29 is 18.0 Å². The van der Waals surface area contributed by atoms with Gasteiger partial charge in [0.05, 0.1) is 4.90 Å². The van der Waals surface area contributed by atoms with E-state index in [9.17, 15) is 18.0 Å². The molecule has 1 aliphatic rings. The molecule has 0 heterocycles. The lowest BCUT2D eigenvalue weighted by atomic mass is 9.94. The van der Waals surface area contributed by atoms with E-state index in [1.54, 1.807) is 26.0 Å². The number of sulfonamides is 1. The van der Waals surface area contributed by atoms with Gasteiger partial charge in [0.1, 0.15) is 6.04 Å². The number of hydrogen-bond donors (Lipinski definition) is 2. The first-order valence-electron chi connectivity index (χ1n) is 11.0. The summed E-state index contributed by atoms with van der Waals surface area (Å²) in [6, 6.07) is 5.25. The van der Waals surface area contributed by atoms with Gasteiger partial charge >= 0.3 is 0 Å². The first-order valence-corrected chi connectivity index (χ1v) is 12.5. The summed E-state index contributed by atoms with van der Waals surface area (Å²) >= 11 is 0. The second-order valence-electron chi connectivity index (χ2n) is 8.21. The molecule has 1 aliphatic carbocycles. The van der Waals surface area contributed by atoms with E-state index in [2.05, 4.69) is 22.8 Å². The fraction of sp³-hybridized carbons (Fsp3) is 0.565. The zero-order chi connectivity index (χ0) is 23.0. The molecule has 2 rings (SSSR count). The molecule has 0 aliphatic heterocycles. The highest BCUT2D eigenvalue weighted by Gasteiger charge is 2.27. The van der Waals surface area contributed by atoms with Crippen LogP contribution in [0, 0.1) is 11.8 Å². The van der Waals surface area contributed by atoms with Crippen molar-refractivity contribution in [2.75, 3.05) is 19.6 Å². The summed E-state index contributed by atoms with van der Waals surface area (Å²) in [4.78, 5) is 25.7. The van der Waals surface area contributed by atoms with Crippen LogP contribution >= 0.6 is 0 Å². The summed E-state index contributed by atoms with van der Waals surface area (Å²) in [7, 11) is -3.67. The van der Waals surface area contributed by atoms with Crippen molar-refractivity contribution in [2.24, 2.45) is 11.8 Å². The molecule has 0 spiro atoms. The van der Waals surface area contributed by atoms with E-state index >= 15 is 0 Å². The molecule has 2 amide bonds. The minimum atomic E-state index is -3.67. The monoisotopic (exact) mass is 449 g/mol. The van der Waals surface area contributed by atoms with Gasteiger partial charge in [0.2, 0.25) is 15.9 Å². The van der Waals surface area contributed by atoms with Crippen molar-refractivity contribution in [3.63, 3.8) is 0 Å². The number of amides is 2. The number of benzene rings is 1. The van der Waals surface area contributed by atoms with Crippen LogP contribution in [0.15, 0.2) is 41.3 Å². The first-order chi connectivity index (χ1) is 14.7. The summed E-state index contributed by atoms with van der Waals surface area (Å²) in [5.41, 5.74) is 0.212. The van der Waals surface area contributed by atoms with Crippen LogP contribution in [0.2, 0.25) is 0 Å². The summed E-state index contributed by atoms with van der Waals surface area (Å²) in [6.07, 6.45) is 7.32. The molecule has 0 bridgehead atoms. The Morgan fingerprint density at radius 2 is 1.87 bits per heavy atom. The molecule has 0 aromatic heterocycles. The molecule has 0 fully saturated rings. The third-order valence-corrected chi connectivity index (χ3v) is 7.66. The zero-order valence-corrected chi connectivity index (χ0v) is 19.7. The van der Waals surface area contributed by atoms with Gasteiger partial charge in [0, 0.05) is 25.2 Å². The molecular weight excluding hydrogens is 414 g/mol. The maximum atomic E-state index is 12.8. The average Bonchev–Trinajstić information content (AvgIpc) is 2.77. The molecule has 0 saturated carbocycles. The van der Waals surface area contributed by atoms with Crippen molar-refractivity contribution in [1.29, 1.82) is 0 Å². The molecule has 0 saturated heterocycles. The van der Waals surface area contributed by atoms with Crippen molar-refractivity contribution in [2.45, 2.75) is 57.9 Å². The van der Waals surface area contributed by atoms with Crippen molar-refractivity contribution >= 4 is 21.8 Å². The van der Waals surface area contributed by atoms with Crippen LogP contribution in [0.1, 0.15) is 57.3 Å². The highest BCUT2D eigenvalue weighted by molar-refractivity contribution is 7.89. The van der Waals surface area contributed by atoms with E-state index in [1.807, 2.05) is 13.8 Å². The second kappa shape index (κ2) is 11.4. The summed E-state index contributed by atoms with van der Waals surface area (Å²) in [6.45, 7) is 8.56. The number of carbonyl (C=O) groups is 2. The average molecular weight is 450 g/mol. The van der Waals surface area contributed by atoms with E-state index in [0.717, 1.165) is 19.3 Å². The Hall–Kier alpha value is -2.19. The number of nitrogens with one attached hydrogen (secondary N) is 2. The van der Waals surface area contributed by atoms with Crippen LogP contribution in [0.3, 0.4) is 0 Å².